The summed E-state index contributed by atoms with van der Waals surface area (Å²) in [5.41, 5.74) is 5.46. The summed E-state index contributed by atoms with van der Waals surface area (Å²) in [4.78, 5) is 11.7. The largest absolute Gasteiger partial charge is 0.396 e. The summed E-state index contributed by atoms with van der Waals surface area (Å²) in [5.74, 6) is 0.200. The number of aliphatic hydroxyl groups is 1. The third-order valence-corrected chi connectivity index (χ3v) is 3.55. The van der Waals surface area contributed by atoms with Crippen molar-refractivity contribution in [2.24, 2.45) is 11.8 Å². The molecular formula is C11H18N4O3. The number of hydrogen-bond acceptors (Lipinski definition) is 6. The van der Waals surface area contributed by atoms with Gasteiger partial charge >= 0.3 is 0 Å². The molecule has 1 heterocycles. The first kappa shape index (κ1) is 12.8. The van der Waals surface area contributed by atoms with Crippen LogP contribution >= 0.6 is 0 Å². The second kappa shape index (κ2) is 5.81. The first-order valence-electron chi connectivity index (χ1n) is 6.19. The number of nitrogen functional groups attached to an aromatic ring is 1. The fourth-order valence-electron chi connectivity index (χ4n) is 2.45. The first-order valence-corrected chi connectivity index (χ1v) is 6.19. The third-order valence-electron chi connectivity index (χ3n) is 3.55. The SMILES string of the molecule is Nc1nonc1C(=O)NCC1CCCCC1CO. The van der Waals surface area contributed by atoms with Gasteiger partial charge in [0, 0.05) is 13.2 Å². The third kappa shape index (κ3) is 2.79. The zero-order valence-corrected chi connectivity index (χ0v) is 10.1. The van der Waals surface area contributed by atoms with Crippen LogP contribution in [0.1, 0.15) is 36.2 Å². The van der Waals surface area contributed by atoms with E-state index < -0.39 is 0 Å². The van der Waals surface area contributed by atoms with Crippen LogP contribution < -0.4 is 11.1 Å². The molecule has 1 aromatic rings. The van der Waals surface area contributed by atoms with Crippen LogP contribution in [-0.4, -0.2) is 34.5 Å². The van der Waals surface area contributed by atoms with Crippen LogP contribution in [-0.2, 0) is 0 Å². The van der Waals surface area contributed by atoms with Crippen molar-refractivity contribution in [3.8, 4) is 0 Å². The Bertz CT molecular complexity index is 407. The molecule has 0 aromatic carbocycles. The molecule has 1 saturated carbocycles. The maximum absolute atomic E-state index is 11.7. The van der Waals surface area contributed by atoms with Gasteiger partial charge in [-0.05, 0) is 35.0 Å². The number of nitrogens with one attached hydrogen (secondary N) is 1. The molecule has 0 aliphatic heterocycles. The van der Waals surface area contributed by atoms with Crippen LogP contribution in [0.4, 0.5) is 5.82 Å². The van der Waals surface area contributed by atoms with Crippen molar-refractivity contribution in [2.45, 2.75) is 25.7 Å². The molecule has 1 aromatic heterocycles. The maximum Gasteiger partial charge on any atom is 0.277 e. The van der Waals surface area contributed by atoms with E-state index in [0.717, 1.165) is 25.7 Å². The van der Waals surface area contributed by atoms with Gasteiger partial charge in [-0.25, -0.2) is 4.63 Å². The number of aromatic nitrogens is 2. The minimum Gasteiger partial charge on any atom is -0.396 e. The van der Waals surface area contributed by atoms with E-state index in [1.807, 2.05) is 0 Å². The zero-order chi connectivity index (χ0) is 13.0. The molecular weight excluding hydrogens is 236 g/mol. The molecule has 0 saturated heterocycles. The zero-order valence-electron chi connectivity index (χ0n) is 10.1. The topological polar surface area (TPSA) is 114 Å². The van der Waals surface area contributed by atoms with Gasteiger partial charge in [-0.15, -0.1) is 0 Å². The van der Waals surface area contributed by atoms with Gasteiger partial charge in [0.1, 0.15) is 0 Å². The van der Waals surface area contributed by atoms with E-state index >= 15 is 0 Å². The Balaban J connectivity index is 1.87. The second-order valence-corrected chi connectivity index (χ2v) is 4.70. The fraction of sp³-hybridized carbons (Fsp3) is 0.727. The minimum absolute atomic E-state index is 0.00477. The molecule has 1 amide bonds. The molecule has 1 aliphatic carbocycles. The van der Waals surface area contributed by atoms with Gasteiger partial charge in [0.2, 0.25) is 11.5 Å². The Labute approximate surface area is 105 Å². The molecule has 18 heavy (non-hydrogen) atoms. The molecule has 1 fully saturated rings. The fourth-order valence-corrected chi connectivity index (χ4v) is 2.45. The molecule has 0 bridgehead atoms. The quantitative estimate of drug-likeness (QED) is 0.706. The predicted octanol–water partition coefficient (Wildman–Crippen LogP) is 0.180. The lowest BCUT2D eigenvalue weighted by molar-refractivity contribution is 0.0900. The average molecular weight is 254 g/mol. The molecule has 2 atom stereocenters. The number of aliphatic hydroxyl groups excluding tert-OH is 1. The van der Waals surface area contributed by atoms with Gasteiger partial charge in [0.15, 0.2) is 0 Å². The van der Waals surface area contributed by atoms with Crippen molar-refractivity contribution in [1.82, 2.24) is 15.6 Å². The van der Waals surface area contributed by atoms with E-state index in [9.17, 15) is 9.90 Å². The maximum atomic E-state index is 11.7. The minimum atomic E-state index is -0.379. The lowest BCUT2D eigenvalue weighted by Gasteiger charge is -2.30. The summed E-state index contributed by atoms with van der Waals surface area (Å²) in [6.07, 6.45) is 4.34. The monoisotopic (exact) mass is 254 g/mol. The first-order chi connectivity index (χ1) is 8.72. The molecule has 100 valence electrons. The van der Waals surface area contributed by atoms with Crippen LogP contribution in [0.25, 0.3) is 0 Å². The predicted molar refractivity (Wildman–Crippen MR) is 63.6 cm³/mol. The Morgan fingerprint density at radius 1 is 1.39 bits per heavy atom. The number of anilines is 1. The van der Waals surface area contributed by atoms with E-state index in [2.05, 4.69) is 20.3 Å². The van der Waals surface area contributed by atoms with Crippen LogP contribution in [0.5, 0.6) is 0 Å². The Kier molecular flexibility index (Phi) is 4.14. The van der Waals surface area contributed by atoms with Crippen LogP contribution in [0.15, 0.2) is 4.63 Å². The smallest absolute Gasteiger partial charge is 0.277 e. The summed E-state index contributed by atoms with van der Waals surface area (Å²) in [5, 5.41) is 18.9. The van der Waals surface area contributed by atoms with E-state index in [-0.39, 0.29) is 29.9 Å². The lowest BCUT2D eigenvalue weighted by atomic mass is 9.79. The van der Waals surface area contributed by atoms with E-state index in [4.69, 9.17) is 5.73 Å². The van der Waals surface area contributed by atoms with Crippen molar-refractivity contribution >= 4 is 11.7 Å². The molecule has 0 spiro atoms. The van der Waals surface area contributed by atoms with Crippen molar-refractivity contribution in [2.75, 3.05) is 18.9 Å². The summed E-state index contributed by atoms with van der Waals surface area (Å²) >= 11 is 0. The van der Waals surface area contributed by atoms with Crippen molar-refractivity contribution in [3.63, 3.8) is 0 Å². The average Bonchev–Trinajstić information content (AvgIpc) is 2.82. The Morgan fingerprint density at radius 2 is 2.11 bits per heavy atom. The number of rotatable bonds is 4. The molecule has 1 aliphatic rings. The normalized spacial score (nSPS) is 23.8. The van der Waals surface area contributed by atoms with Gasteiger partial charge in [-0.3, -0.25) is 4.79 Å². The highest BCUT2D eigenvalue weighted by molar-refractivity contribution is 5.95. The Hall–Kier alpha value is -1.63. The molecule has 2 rings (SSSR count). The standard InChI is InChI=1S/C11H18N4O3/c12-10-9(14-18-15-10)11(17)13-5-7-3-1-2-4-8(7)6-16/h7-8,16H,1-6H2,(H2,12,15)(H,13,17). The van der Waals surface area contributed by atoms with Crippen LogP contribution in [0.2, 0.25) is 0 Å². The molecule has 7 heteroatoms. The van der Waals surface area contributed by atoms with E-state index in [1.54, 1.807) is 0 Å². The van der Waals surface area contributed by atoms with Gasteiger partial charge in [-0.2, -0.15) is 0 Å². The van der Waals surface area contributed by atoms with Crippen molar-refractivity contribution in [3.05, 3.63) is 5.69 Å². The number of carbonyl (C=O) groups is 1. The summed E-state index contributed by atoms with van der Waals surface area (Å²) in [6.45, 7) is 0.699. The number of amides is 1. The number of hydrogen-bond donors (Lipinski definition) is 3. The summed E-state index contributed by atoms with van der Waals surface area (Å²) < 4.78 is 4.37. The lowest BCUT2D eigenvalue weighted by Crippen LogP contribution is -2.35. The highest BCUT2D eigenvalue weighted by Gasteiger charge is 2.25. The van der Waals surface area contributed by atoms with Crippen LogP contribution in [0.3, 0.4) is 0 Å². The highest BCUT2D eigenvalue weighted by atomic mass is 16.6. The molecule has 2 unspecified atom stereocenters. The van der Waals surface area contributed by atoms with Crippen molar-refractivity contribution in [1.29, 1.82) is 0 Å². The summed E-state index contributed by atoms with van der Waals surface area (Å²) in [7, 11) is 0. The number of nitrogens with zero attached hydrogens (tertiary/aromatic N) is 2. The van der Waals surface area contributed by atoms with E-state index in [1.165, 1.54) is 0 Å². The summed E-state index contributed by atoms with van der Waals surface area (Å²) in [6, 6.07) is 0. The van der Waals surface area contributed by atoms with Gasteiger partial charge in [-0.1, -0.05) is 12.8 Å². The molecule has 4 N–H and O–H groups in total. The van der Waals surface area contributed by atoms with E-state index in [0.29, 0.717) is 12.5 Å². The van der Waals surface area contributed by atoms with Gasteiger partial charge < -0.3 is 16.2 Å². The van der Waals surface area contributed by atoms with Crippen molar-refractivity contribution < 1.29 is 14.5 Å². The Morgan fingerprint density at radius 3 is 2.72 bits per heavy atom. The second-order valence-electron chi connectivity index (χ2n) is 4.70. The number of carbonyl (C=O) groups excluding carboxylic acids is 1. The van der Waals surface area contributed by atoms with Crippen LogP contribution in [0, 0.1) is 11.8 Å². The highest BCUT2D eigenvalue weighted by Crippen LogP contribution is 2.29. The number of nitrogens with two attached hydrogens (primary N) is 1. The van der Waals surface area contributed by atoms with Gasteiger partial charge in [0.05, 0.1) is 0 Å². The van der Waals surface area contributed by atoms with Gasteiger partial charge in [0.25, 0.3) is 5.91 Å². The molecule has 7 nitrogen and oxygen atoms in total. The molecule has 0 radical (unpaired) electrons.